The highest BCUT2D eigenvalue weighted by atomic mass is 35.5. The zero-order valence-electron chi connectivity index (χ0n) is 12.5. The van der Waals surface area contributed by atoms with Gasteiger partial charge in [0, 0.05) is 24.3 Å². The van der Waals surface area contributed by atoms with Crippen molar-refractivity contribution in [1.29, 1.82) is 0 Å². The lowest BCUT2D eigenvalue weighted by Gasteiger charge is -2.20. The summed E-state index contributed by atoms with van der Waals surface area (Å²) in [6.07, 6.45) is 1.96. The van der Waals surface area contributed by atoms with Crippen LogP contribution in [0.5, 0.6) is 0 Å². The smallest absolute Gasteiger partial charge is 0.129 e. The van der Waals surface area contributed by atoms with E-state index in [0.29, 0.717) is 0 Å². The molecule has 0 unspecified atom stereocenters. The molecule has 21 heavy (non-hydrogen) atoms. The molecule has 0 radical (unpaired) electrons. The van der Waals surface area contributed by atoms with E-state index in [1.165, 1.54) is 0 Å². The van der Waals surface area contributed by atoms with Crippen molar-refractivity contribution in [3.8, 4) is 0 Å². The molecule has 3 nitrogen and oxygen atoms in total. The number of aryl methyl sites for hydroxylation is 1. The Balaban J connectivity index is 2.21. The Kier molecular flexibility index (Phi) is 5.59. The Hall–Kier alpha value is -1.58. The molecular formula is C17H21ClN2O. The molecule has 0 spiro atoms. The van der Waals surface area contributed by atoms with Crippen molar-refractivity contribution < 1.29 is 5.11 Å². The molecule has 0 fully saturated rings. The van der Waals surface area contributed by atoms with Crippen LogP contribution in [0.15, 0.2) is 36.4 Å². The number of aliphatic hydroxyl groups excluding tert-OH is 1. The third kappa shape index (κ3) is 4.45. The molecule has 4 heteroatoms. The third-order valence-electron chi connectivity index (χ3n) is 3.31. The molecule has 0 aliphatic rings. The van der Waals surface area contributed by atoms with Gasteiger partial charge in [0.25, 0.3) is 0 Å². The summed E-state index contributed by atoms with van der Waals surface area (Å²) in [6, 6.07) is 11.7. The SMILES string of the molecule is CCCc1cc(CO)cc(N(C)Cc2cccc(Cl)c2)n1. The maximum Gasteiger partial charge on any atom is 0.129 e. The van der Waals surface area contributed by atoms with E-state index in [1.54, 1.807) is 0 Å². The van der Waals surface area contributed by atoms with E-state index in [1.807, 2.05) is 43.4 Å². The van der Waals surface area contributed by atoms with E-state index in [-0.39, 0.29) is 6.61 Å². The van der Waals surface area contributed by atoms with Gasteiger partial charge in [0.05, 0.1) is 6.61 Å². The second kappa shape index (κ2) is 7.43. The van der Waals surface area contributed by atoms with Crippen LogP contribution in [0.1, 0.15) is 30.2 Å². The molecule has 2 aromatic rings. The fourth-order valence-electron chi connectivity index (χ4n) is 2.29. The van der Waals surface area contributed by atoms with Crippen LogP contribution in [-0.4, -0.2) is 17.1 Å². The summed E-state index contributed by atoms with van der Waals surface area (Å²) in [4.78, 5) is 6.74. The van der Waals surface area contributed by atoms with E-state index >= 15 is 0 Å². The Morgan fingerprint density at radius 1 is 1.19 bits per heavy atom. The molecule has 1 heterocycles. The number of benzene rings is 1. The molecule has 0 saturated heterocycles. The molecule has 2 rings (SSSR count). The van der Waals surface area contributed by atoms with Gasteiger partial charge in [0.15, 0.2) is 0 Å². The first-order valence-corrected chi connectivity index (χ1v) is 7.56. The second-order valence-electron chi connectivity index (χ2n) is 5.22. The lowest BCUT2D eigenvalue weighted by Crippen LogP contribution is -2.18. The number of nitrogens with zero attached hydrogens (tertiary/aromatic N) is 2. The summed E-state index contributed by atoms with van der Waals surface area (Å²) in [5, 5.41) is 10.1. The van der Waals surface area contributed by atoms with Crippen molar-refractivity contribution in [2.24, 2.45) is 0 Å². The van der Waals surface area contributed by atoms with E-state index in [4.69, 9.17) is 11.6 Å². The van der Waals surface area contributed by atoms with Gasteiger partial charge in [-0.15, -0.1) is 0 Å². The molecular weight excluding hydrogens is 284 g/mol. The largest absolute Gasteiger partial charge is 0.392 e. The summed E-state index contributed by atoms with van der Waals surface area (Å²) in [7, 11) is 2.00. The molecule has 0 saturated carbocycles. The van der Waals surface area contributed by atoms with Crippen LogP contribution in [-0.2, 0) is 19.6 Å². The quantitative estimate of drug-likeness (QED) is 0.881. The van der Waals surface area contributed by atoms with Crippen molar-refractivity contribution in [2.75, 3.05) is 11.9 Å². The van der Waals surface area contributed by atoms with Gasteiger partial charge in [-0.2, -0.15) is 0 Å². The first kappa shape index (κ1) is 15.8. The van der Waals surface area contributed by atoms with Gasteiger partial charge in [-0.3, -0.25) is 0 Å². The fraction of sp³-hybridized carbons (Fsp3) is 0.353. The summed E-state index contributed by atoms with van der Waals surface area (Å²) >= 11 is 6.02. The summed E-state index contributed by atoms with van der Waals surface area (Å²) < 4.78 is 0. The number of halogens is 1. The van der Waals surface area contributed by atoms with Crippen molar-refractivity contribution in [2.45, 2.75) is 32.9 Å². The Morgan fingerprint density at radius 2 is 2.00 bits per heavy atom. The van der Waals surface area contributed by atoms with Crippen molar-refractivity contribution in [1.82, 2.24) is 4.98 Å². The third-order valence-corrected chi connectivity index (χ3v) is 3.55. The second-order valence-corrected chi connectivity index (χ2v) is 5.66. The minimum Gasteiger partial charge on any atom is -0.392 e. The molecule has 0 aliphatic carbocycles. The Morgan fingerprint density at radius 3 is 2.67 bits per heavy atom. The number of aliphatic hydroxyl groups is 1. The fourth-order valence-corrected chi connectivity index (χ4v) is 2.51. The van der Waals surface area contributed by atoms with Gasteiger partial charge < -0.3 is 10.0 Å². The molecule has 0 aliphatic heterocycles. The molecule has 1 N–H and O–H groups in total. The van der Waals surface area contributed by atoms with Gasteiger partial charge in [-0.05, 0) is 41.8 Å². The summed E-state index contributed by atoms with van der Waals surface area (Å²) in [5.41, 5.74) is 3.07. The maximum atomic E-state index is 9.40. The minimum atomic E-state index is 0.0389. The predicted octanol–water partition coefficient (Wildman–Crippen LogP) is 3.82. The molecule has 0 bridgehead atoms. The highest BCUT2D eigenvalue weighted by Crippen LogP contribution is 2.19. The van der Waals surface area contributed by atoms with Crippen molar-refractivity contribution in [3.63, 3.8) is 0 Å². The van der Waals surface area contributed by atoms with E-state index in [2.05, 4.69) is 16.8 Å². The average molecular weight is 305 g/mol. The van der Waals surface area contributed by atoms with Crippen molar-refractivity contribution >= 4 is 17.4 Å². The predicted molar refractivity (Wildman–Crippen MR) is 87.7 cm³/mol. The van der Waals surface area contributed by atoms with E-state index < -0.39 is 0 Å². The van der Waals surface area contributed by atoms with Crippen LogP contribution in [0, 0.1) is 0 Å². The molecule has 1 aromatic heterocycles. The van der Waals surface area contributed by atoms with Gasteiger partial charge in [-0.25, -0.2) is 4.98 Å². The summed E-state index contributed by atoms with van der Waals surface area (Å²) in [5.74, 6) is 0.880. The van der Waals surface area contributed by atoms with Crippen LogP contribution in [0.4, 0.5) is 5.82 Å². The molecule has 0 atom stereocenters. The van der Waals surface area contributed by atoms with Crippen molar-refractivity contribution in [3.05, 3.63) is 58.2 Å². The topological polar surface area (TPSA) is 36.4 Å². The maximum absolute atomic E-state index is 9.40. The Bertz CT molecular complexity index is 601. The zero-order chi connectivity index (χ0) is 15.2. The van der Waals surface area contributed by atoms with Crippen LogP contribution >= 0.6 is 11.6 Å². The van der Waals surface area contributed by atoms with Gasteiger partial charge in [-0.1, -0.05) is 37.1 Å². The number of hydrogen-bond donors (Lipinski definition) is 1. The molecule has 112 valence electrons. The number of rotatable bonds is 6. The van der Waals surface area contributed by atoms with Gasteiger partial charge in [0.2, 0.25) is 0 Å². The standard InChI is InChI=1S/C17H21ClN2O/c1-3-5-16-9-14(12-21)10-17(19-16)20(2)11-13-6-4-7-15(18)8-13/h4,6-10,21H,3,5,11-12H2,1-2H3. The van der Waals surface area contributed by atoms with Crippen LogP contribution < -0.4 is 4.90 Å². The normalized spacial score (nSPS) is 10.7. The van der Waals surface area contributed by atoms with Gasteiger partial charge >= 0.3 is 0 Å². The lowest BCUT2D eigenvalue weighted by molar-refractivity contribution is 0.281. The minimum absolute atomic E-state index is 0.0389. The first-order chi connectivity index (χ1) is 10.1. The highest BCUT2D eigenvalue weighted by Gasteiger charge is 2.08. The number of aromatic nitrogens is 1. The van der Waals surface area contributed by atoms with Crippen LogP contribution in [0.3, 0.4) is 0 Å². The first-order valence-electron chi connectivity index (χ1n) is 7.18. The lowest BCUT2D eigenvalue weighted by atomic mass is 10.1. The van der Waals surface area contributed by atoms with Crippen LogP contribution in [0.2, 0.25) is 5.02 Å². The zero-order valence-corrected chi connectivity index (χ0v) is 13.3. The number of hydrogen-bond acceptors (Lipinski definition) is 3. The van der Waals surface area contributed by atoms with Crippen LogP contribution in [0.25, 0.3) is 0 Å². The highest BCUT2D eigenvalue weighted by molar-refractivity contribution is 6.30. The van der Waals surface area contributed by atoms with Gasteiger partial charge in [0.1, 0.15) is 5.82 Å². The average Bonchev–Trinajstić information content (AvgIpc) is 2.47. The monoisotopic (exact) mass is 304 g/mol. The van der Waals surface area contributed by atoms with E-state index in [0.717, 1.165) is 47.0 Å². The molecule has 1 aromatic carbocycles. The number of pyridine rings is 1. The number of anilines is 1. The van der Waals surface area contributed by atoms with E-state index in [9.17, 15) is 5.11 Å². The summed E-state index contributed by atoms with van der Waals surface area (Å²) in [6.45, 7) is 2.90. The Labute approximate surface area is 131 Å². The molecule has 0 amide bonds.